The van der Waals surface area contributed by atoms with Gasteiger partial charge >= 0.3 is 0 Å². The fourth-order valence-corrected chi connectivity index (χ4v) is 7.80. The molecule has 0 spiro atoms. The van der Waals surface area contributed by atoms with Gasteiger partial charge in [0.05, 0.1) is 5.41 Å². The Morgan fingerprint density at radius 3 is 1.69 bits per heavy atom. The molecule has 7 aromatic carbocycles. The van der Waals surface area contributed by atoms with Gasteiger partial charge in [0, 0.05) is 5.56 Å². The lowest BCUT2D eigenvalue weighted by molar-refractivity contribution is 0.408. The van der Waals surface area contributed by atoms with Crippen LogP contribution in [0.25, 0.3) is 22.3 Å². The lowest BCUT2D eigenvalue weighted by atomic mass is 9.67. The zero-order valence-electron chi connectivity index (χ0n) is 27.0. The molecule has 2 aliphatic rings. The minimum Gasteiger partial charge on any atom is -0.350 e. The zero-order chi connectivity index (χ0) is 32.6. The first kappa shape index (κ1) is 29.1. The summed E-state index contributed by atoms with van der Waals surface area (Å²) >= 11 is 0. The van der Waals surface area contributed by atoms with Crippen LogP contribution in [-0.4, -0.2) is 5.84 Å². The minimum absolute atomic E-state index is 0.184. The summed E-state index contributed by atoms with van der Waals surface area (Å²) in [6.45, 7) is 0. The van der Waals surface area contributed by atoms with Gasteiger partial charge in [-0.1, -0.05) is 182 Å². The van der Waals surface area contributed by atoms with Crippen molar-refractivity contribution in [2.75, 3.05) is 0 Å². The normalized spacial score (nSPS) is 17.3. The molecule has 3 heteroatoms. The molecule has 7 aromatic rings. The summed E-state index contributed by atoms with van der Waals surface area (Å²) in [5.74, 6) is 0.876. The first-order valence-electron chi connectivity index (χ1n) is 17.0. The topological polar surface area (TPSA) is 36.4 Å². The lowest BCUT2D eigenvalue weighted by Gasteiger charge is -2.35. The smallest absolute Gasteiger partial charge is 0.131 e. The van der Waals surface area contributed by atoms with Crippen LogP contribution in [0.4, 0.5) is 0 Å². The van der Waals surface area contributed by atoms with Crippen LogP contribution < -0.4 is 10.6 Å². The van der Waals surface area contributed by atoms with E-state index in [1.807, 2.05) is 6.07 Å². The highest BCUT2D eigenvalue weighted by Crippen LogP contribution is 2.56. The van der Waals surface area contributed by atoms with E-state index in [-0.39, 0.29) is 12.3 Å². The van der Waals surface area contributed by atoms with E-state index in [1.165, 1.54) is 44.5 Å². The maximum Gasteiger partial charge on any atom is 0.131 e. The number of fused-ring (bicyclic) bond motifs is 3. The fourth-order valence-electron chi connectivity index (χ4n) is 7.80. The summed E-state index contributed by atoms with van der Waals surface area (Å²) in [4.78, 5) is 5.26. The molecule has 0 saturated heterocycles. The van der Waals surface area contributed by atoms with Crippen LogP contribution in [-0.2, 0) is 5.41 Å². The summed E-state index contributed by atoms with van der Waals surface area (Å²) in [5.41, 5.74) is 12.9. The molecule has 3 nitrogen and oxygen atoms in total. The summed E-state index contributed by atoms with van der Waals surface area (Å²) in [5, 5.41) is 7.68. The molecule has 2 unspecified atom stereocenters. The number of amidine groups is 1. The Morgan fingerprint density at radius 2 is 1.00 bits per heavy atom. The molecule has 0 bridgehead atoms. The highest BCUT2D eigenvalue weighted by molar-refractivity contribution is 5.99. The van der Waals surface area contributed by atoms with E-state index in [0.29, 0.717) is 0 Å². The molecule has 0 radical (unpaired) electrons. The van der Waals surface area contributed by atoms with Crippen LogP contribution in [0.5, 0.6) is 0 Å². The molecule has 0 aromatic heterocycles. The van der Waals surface area contributed by atoms with E-state index in [1.54, 1.807) is 0 Å². The average Bonchev–Trinajstić information content (AvgIpc) is 3.49. The van der Waals surface area contributed by atoms with Gasteiger partial charge in [-0.3, -0.25) is 5.32 Å². The summed E-state index contributed by atoms with van der Waals surface area (Å²) in [6.07, 6.45) is -0.431. The predicted molar refractivity (Wildman–Crippen MR) is 200 cm³/mol. The molecule has 9 rings (SSSR count). The van der Waals surface area contributed by atoms with Gasteiger partial charge in [0.1, 0.15) is 18.2 Å². The second-order valence-electron chi connectivity index (χ2n) is 12.8. The molecule has 0 amide bonds. The Balaban J connectivity index is 1.20. The van der Waals surface area contributed by atoms with Gasteiger partial charge in [0.15, 0.2) is 0 Å². The van der Waals surface area contributed by atoms with Crippen LogP contribution in [0.1, 0.15) is 51.3 Å². The number of hydrogen-bond donors (Lipinski definition) is 2. The number of rotatable bonds is 6. The quantitative estimate of drug-likeness (QED) is 0.192. The second-order valence-corrected chi connectivity index (χ2v) is 12.8. The Labute approximate surface area is 287 Å². The number of nitrogens with one attached hydrogen (secondary N) is 2. The molecular formula is C46H35N3. The molecule has 234 valence electrons. The summed E-state index contributed by atoms with van der Waals surface area (Å²) in [7, 11) is 0. The number of aliphatic imine (C=N–C) groups is 1. The van der Waals surface area contributed by atoms with E-state index in [2.05, 4.69) is 193 Å². The molecule has 49 heavy (non-hydrogen) atoms. The van der Waals surface area contributed by atoms with Crippen molar-refractivity contribution in [3.8, 4) is 22.3 Å². The standard InChI is InChI=1S/C46H35N3/c1-5-16-32(17-6-1)34-20-15-21-35(30-34)44-47-43(33-18-7-2-8-19-33)48-45(49-44)36-28-29-40-39-26-13-14-27-41(39)46(42(40)31-36,37-22-9-3-10-23-37)38-24-11-4-12-25-38/h1-31,44-45,49H,(H,47,48). The minimum atomic E-state index is -0.459. The summed E-state index contributed by atoms with van der Waals surface area (Å²) < 4.78 is 0. The van der Waals surface area contributed by atoms with Crippen molar-refractivity contribution >= 4 is 5.84 Å². The van der Waals surface area contributed by atoms with E-state index < -0.39 is 5.41 Å². The highest BCUT2D eigenvalue weighted by Gasteiger charge is 2.46. The second kappa shape index (κ2) is 12.2. The van der Waals surface area contributed by atoms with Gasteiger partial charge in [0.2, 0.25) is 0 Å². The third kappa shape index (κ3) is 4.99. The zero-order valence-corrected chi connectivity index (χ0v) is 27.0. The monoisotopic (exact) mass is 629 g/mol. The van der Waals surface area contributed by atoms with Crippen molar-refractivity contribution in [3.63, 3.8) is 0 Å². The van der Waals surface area contributed by atoms with Gasteiger partial charge in [-0.25, -0.2) is 4.99 Å². The third-order valence-corrected chi connectivity index (χ3v) is 10.0. The highest BCUT2D eigenvalue weighted by atomic mass is 15.3. The molecule has 1 aliphatic carbocycles. The first-order valence-corrected chi connectivity index (χ1v) is 17.0. The maximum atomic E-state index is 5.26. The van der Waals surface area contributed by atoms with Crippen molar-refractivity contribution in [2.24, 2.45) is 4.99 Å². The van der Waals surface area contributed by atoms with Gasteiger partial charge in [-0.2, -0.15) is 0 Å². The predicted octanol–water partition coefficient (Wildman–Crippen LogP) is 10.1. The lowest BCUT2D eigenvalue weighted by Crippen LogP contribution is -2.45. The molecule has 1 aliphatic heterocycles. The van der Waals surface area contributed by atoms with E-state index in [9.17, 15) is 0 Å². The van der Waals surface area contributed by atoms with Gasteiger partial charge in [-0.15, -0.1) is 0 Å². The molecule has 0 fully saturated rings. The van der Waals surface area contributed by atoms with Crippen molar-refractivity contribution in [1.82, 2.24) is 10.6 Å². The molecular weight excluding hydrogens is 595 g/mol. The fraction of sp³-hybridized carbons (Fsp3) is 0.0652. The largest absolute Gasteiger partial charge is 0.350 e. The van der Waals surface area contributed by atoms with Gasteiger partial charge < -0.3 is 5.32 Å². The van der Waals surface area contributed by atoms with Crippen LogP contribution in [0, 0.1) is 0 Å². The Morgan fingerprint density at radius 1 is 0.429 bits per heavy atom. The van der Waals surface area contributed by atoms with Crippen LogP contribution in [0.2, 0.25) is 0 Å². The summed E-state index contributed by atoms with van der Waals surface area (Å²) in [6, 6.07) is 67.6. The first-order chi connectivity index (χ1) is 24.3. The molecule has 1 heterocycles. The Kier molecular flexibility index (Phi) is 7.26. The van der Waals surface area contributed by atoms with E-state index >= 15 is 0 Å². The number of hydrogen-bond acceptors (Lipinski definition) is 3. The maximum absolute atomic E-state index is 5.26. The third-order valence-electron chi connectivity index (χ3n) is 10.0. The van der Waals surface area contributed by atoms with Crippen molar-refractivity contribution < 1.29 is 0 Å². The van der Waals surface area contributed by atoms with Crippen LogP contribution >= 0.6 is 0 Å². The molecule has 2 atom stereocenters. The molecule has 0 saturated carbocycles. The SMILES string of the molecule is c1ccc(C2=NC(c3cccc(-c4ccccc4)c3)NC(c3ccc4c(c3)C(c3ccccc3)(c3ccccc3)c3ccccc3-4)N2)cc1. The van der Waals surface area contributed by atoms with Gasteiger partial charge in [0.25, 0.3) is 0 Å². The van der Waals surface area contributed by atoms with Crippen LogP contribution in [0.3, 0.4) is 0 Å². The van der Waals surface area contributed by atoms with E-state index in [4.69, 9.17) is 4.99 Å². The Hall–Kier alpha value is -6.03. The average molecular weight is 630 g/mol. The number of benzene rings is 7. The van der Waals surface area contributed by atoms with E-state index in [0.717, 1.165) is 22.5 Å². The van der Waals surface area contributed by atoms with Crippen LogP contribution in [0.15, 0.2) is 193 Å². The van der Waals surface area contributed by atoms with Crippen molar-refractivity contribution in [3.05, 3.63) is 227 Å². The van der Waals surface area contributed by atoms with Crippen molar-refractivity contribution in [1.29, 1.82) is 0 Å². The Bertz CT molecular complexity index is 2240. The van der Waals surface area contributed by atoms with Gasteiger partial charge in [-0.05, 0) is 61.7 Å². The molecule has 2 N–H and O–H groups in total. The number of nitrogens with zero attached hydrogens (tertiary/aromatic N) is 1. The van der Waals surface area contributed by atoms with Crippen molar-refractivity contribution in [2.45, 2.75) is 17.7 Å².